The van der Waals surface area contributed by atoms with E-state index in [2.05, 4.69) is 13.2 Å². The molecule has 1 N–H and O–H groups in total. The number of aromatic hydroxyl groups is 1. The van der Waals surface area contributed by atoms with E-state index in [1.54, 1.807) is 29.2 Å². The third-order valence-corrected chi connectivity index (χ3v) is 2.61. The van der Waals surface area contributed by atoms with Crippen molar-refractivity contribution in [2.45, 2.75) is 0 Å². The molecule has 3 heteroatoms. The Morgan fingerprint density at radius 1 is 1.00 bits per heavy atom. The largest absolute Gasteiger partial charge is 0.508 e. The Bertz CT molecular complexity index is 568. The van der Waals surface area contributed by atoms with Crippen molar-refractivity contribution in [1.29, 1.82) is 0 Å². The Morgan fingerprint density at radius 3 is 2.15 bits per heavy atom. The fraction of sp³-hybridized carbons (Fsp3) is 0.118. The van der Waals surface area contributed by atoms with Crippen LogP contribution in [0.2, 0.25) is 0 Å². The van der Waals surface area contributed by atoms with Gasteiger partial charge in [-0.25, -0.2) is 0 Å². The molecule has 0 aromatic heterocycles. The minimum absolute atomic E-state index is 0.323. The molecule has 0 unspecified atom stereocenters. The summed E-state index contributed by atoms with van der Waals surface area (Å²) in [5.74, 6) is 0.323. The first-order valence-electron chi connectivity index (χ1n) is 6.30. The number of amides is 1. The summed E-state index contributed by atoms with van der Waals surface area (Å²) in [5.41, 5.74) is 0. The van der Waals surface area contributed by atoms with Gasteiger partial charge in [0.2, 0.25) is 6.41 Å². The Labute approximate surface area is 119 Å². The summed E-state index contributed by atoms with van der Waals surface area (Å²) in [6.07, 6.45) is 4.14. The number of hydrogen-bond donors (Lipinski definition) is 1. The Morgan fingerprint density at radius 2 is 1.60 bits per heavy atom. The SMILES string of the molecule is C=CCN(C=O)CC=C.Oc1ccc2ccccc2c1. The lowest BCUT2D eigenvalue weighted by Gasteiger charge is -2.10. The van der Waals surface area contributed by atoms with E-state index < -0.39 is 0 Å². The van der Waals surface area contributed by atoms with Gasteiger partial charge in [-0.2, -0.15) is 0 Å². The van der Waals surface area contributed by atoms with Gasteiger partial charge in [0.1, 0.15) is 5.75 Å². The van der Waals surface area contributed by atoms with Crippen LogP contribution >= 0.6 is 0 Å². The van der Waals surface area contributed by atoms with Gasteiger partial charge in [0, 0.05) is 13.1 Å². The number of nitrogens with zero attached hydrogens (tertiary/aromatic N) is 1. The van der Waals surface area contributed by atoms with Crippen molar-refractivity contribution >= 4 is 17.2 Å². The maximum absolute atomic E-state index is 10.1. The minimum Gasteiger partial charge on any atom is -0.508 e. The molecule has 0 aliphatic carbocycles. The maximum Gasteiger partial charge on any atom is 0.210 e. The molecular weight excluding hydrogens is 250 g/mol. The first-order valence-corrected chi connectivity index (χ1v) is 6.30. The standard InChI is InChI=1S/C10H8O.C7H11NO/c11-10-6-5-8-3-1-2-4-9(8)7-10;1-3-5-8(7-9)6-4-2/h1-7,11H;3-4,7H,1-2,5-6H2. The van der Waals surface area contributed by atoms with Crippen LogP contribution in [0.5, 0.6) is 5.75 Å². The van der Waals surface area contributed by atoms with E-state index in [0.717, 1.165) is 17.2 Å². The highest BCUT2D eigenvalue weighted by Gasteiger charge is 1.91. The molecule has 0 bridgehead atoms. The number of benzene rings is 2. The zero-order chi connectivity index (χ0) is 14.8. The molecular formula is C17H19NO2. The van der Waals surface area contributed by atoms with Crippen molar-refractivity contribution in [3.8, 4) is 5.75 Å². The number of fused-ring (bicyclic) bond motifs is 1. The molecule has 20 heavy (non-hydrogen) atoms. The van der Waals surface area contributed by atoms with E-state index in [1.165, 1.54) is 0 Å². The van der Waals surface area contributed by atoms with Gasteiger partial charge in [0.15, 0.2) is 0 Å². The molecule has 3 nitrogen and oxygen atoms in total. The highest BCUT2D eigenvalue weighted by molar-refractivity contribution is 5.83. The zero-order valence-corrected chi connectivity index (χ0v) is 11.4. The second-order valence-electron chi connectivity index (χ2n) is 4.17. The van der Waals surface area contributed by atoms with Crippen LogP contribution in [0, 0.1) is 0 Å². The first-order chi connectivity index (χ1) is 9.71. The lowest BCUT2D eigenvalue weighted by atomic mass is 10.1. The Hall–Kier alpha value is -2.55. The number of carbonyl (C=O) groups is 1. The summed E-state index contributed by atoms with van der Waals surface area (Å²) in [6.45, 7) is 8.18. The van der Waals surface area contributed by atoms with E-state index in [-0.39, 0.29) is 0 Å². The van der Waals surface area contributed by atoms with E-state index in [9.17, 15) is 4.79 Å². The predicted octanol–water partition coefficient (Wildman–Crippen LogP) is 3.36. The van der Waals surface area contributed by atoms with Crippen molar-refractivity contribution in [1.82, 2.24) is 4.90 Å². The van der Waals surface area contributed by atoms with Gasteiger partial charge in [-0.3, -0.25) is 4.79 Å². The maximum atomic E-state index is 10.1. The van der Waals surface area contributed by atoms with Gasteiger partial charge in [-0.15, -0.1) is 13.2 Å². The van der Waals surface area contributed by atoms with Crippen LogP contribution in [-0.2, 0) is 4.79 Å². The van der Waals surface area contributed by atoms with Crippen LogP contribution in [0.15, 0.2) is 67.8 Å². The fourth-order valence-corrected chi connectivity index (χ4v) is 1.67. The summed E-state index contributed by atoms with van der Waals surface area (Å²) < 4.78 is 0. The summed E-state index contributed by atoms with van der Waals surface area (Å²) in [4.78, 5) is 11.7. The molecule has 0 atom stereocenters. The molecule has 2 aromatic rings. The van der Waals surface area contributed by atoms with E-state index >= 15 is 0 Å². The number of hydrogen-bond acceptors (Lipinski definition) is 2. The van der Waals surface area contributed by atoms with E-state index in [1.807, 2.05) is 30.3 Å². The van der Waals surface area contributed by atoms with Crippen LogP contribution in [0.3, 0.4) is 0 Å². The minimum atomic E-state index is 0.323. The highest BCUT2D eigenvalue weighted by atomic mass is 16.3. The molecule has 1 amide bonds. The quantitative estimate of drug-likeness (QED) is 0.668. The van der Waals surface area contributed by atoms with Crippen molar-refractivity contribution in [3.63, 3.8) is 0 Å². The molecule has 0 aliphatic heterocycles. The molecule has 104 valence electrons. The van der Waals surface area contributed by atoms with Gasteiger partial charge in [-0.1, -0.05) is 42.5 Å². The number of carbonyl (C=O) groups excluding carboxylic acids is 1. The Kier molecular flexibility index (Phi) is 6.62. The van der Waals surface area contributed by atoms with Crippen LogP contribution in [-0.4, -0.2) is 29.5 Å². The highest BCUT2D eigenvalue weighted by Crippen LogP contribution is 2.18. The molecule has 0 spiro atoms. The van der Waals surface area contributed by atoms with Crippen LogP contribution < -0.4 is 0 Å². The molecule has 2 rings (SSSR count). The monoisotopic (exact) mass is 269 g/mol. The van der Waals surface area contributed by atoms with Crippen molar-refractivity contribution in [3.05, 3.63) is 67.8 Å². The van der Waals surface area contributed by atoms with Crippen LogP contribution in [0.25, 0.3) is 10.8 Å². The third kappa shape index (κ3) is 4.98. The number of phenolic OH excluding ortho intramolecular Hbond substituents is 1. The predicted molar refractivity (Wildman–Crippen MR) is 83.6 cm³/mol. The van der Waals surface area contributed by atoms with Gasteiger partial charge < -0.3 is 10.0 Å². The van der Waals surface area contributed by atoms with E-state index in [4.69, 9.17) is 5.11 Å². The number of phenols is 1. The van der Waals surface area contributed by atoms with E-state index in [0.29, 0.717) is 18.8 Å². The van der Waals surface area contributed by atoms with Crippen molar-refractivity contribution in [2.75, 3.05) is 13.1 Å². The second kappa shape index (κ2) is 8.53. The van der Waals surface area contributed by atoms with Gasteiger partial charge in [0.25, 0.3) is 0 Å². The molecule has 0 fully saturated rings. The average Bonchev–Trinajstić information content (AvgIpc) is 2.47. The van der Waals surface area contributed by atoms with Gasteiger partial charge in [-0.05, 0) is 22.9 Å². The first kappa shape index (κ1) is 15.5. The fourth-order valence-electron chi connectivity index (χ4n) is 1.67. The normalized spacial score (nSPS) is 9.20. The molecule has 0 saturated carbocycles. The summed E-state index contributed by atoms with van der Waals surface area (Å²) >= 11 is 0. The molecule has 0 saturated heterocycles. The zero-order valence-electron chi connectivity index (χ0n) is 11.4. The summed E-state index contributed by atoms with van der Waals surface area (Å²) in [5, 5.41) is 11.4. The van der Waals surface area contributed by atoms with Crippen LogP contribution in [0.4, 0.5) is 0 Å². The van der Waals surface area contributed by atoms with Crippen molar-refractivity contribution < 1.29 is 9.90 Å². The lowest BCUT2D eigenvalue weighted by Crippen LogP contribution is -2.21. The second-order valence-corrected chi connectivity index (χ2v) is 4.17. The smallest absolute Gasteiger partial charge is 0.210 e. The topological polar surface area (TPSA) is 40.5 Å². The van der Waals surface area contributed by atoms with Crippen LogP contribution in [0.1, 0.15) is 0 Å². The molecule has 0 radical (unpaired) electrons. The number of rotatable bonds is 5. The average molecular weight is 269 g/mol. The molecule has 2 aromatic carbocycles. The summed E-state index contributed by atoms with van der Waals surface area (Å²) in [7, 11) is 0. The molecule has 0 heterocycles. The molecule has 0 aliphatic rings. The summed E-state index contributed by atoms with van der Waals surface area (Å²) in [6, 6.07) is 13.3. The Balaban J connectivity index is 0.000000206. The third-order valence-electron chi connectivity index (χ3n) is 2.61. The van der Waals surface area contributed by atoms with Crippen molar-refractivity contribution in [2.24, 2.45) is 0 Å². The van der Waals surface area contributed by atoms with Gasteiger partial charge >= 0.3 is 0 Å². The lowest BCUT2D eigenvalue weighted by molar-refractivity contribution is -0.117. The van der Waals surface area contributed by atoms with Gasteiger partial charge in [0.05, 0.1) is 0 Å².